The minimum Gasteiger partial charge on any atom is -0.339 e. The highest BCUT2D eigenvalue weighted by atomic mass is 35.5. The van der Waals surface area contributed by atoms with Crippen LogP contribution in [0.2, 0.25) is 5.15 Å². The molecule has 0 saturated heterocycles. The Morgan fingerprint density at radius 2 is 2.06 bits per heavy atom. The molecule has 0 bridgehead atoms. The third kappa shape index (κ3) is 3.34. The summed E-state index contributed by atoms with van der Waals surface area (Å²) in [4.78, 5) is 17.9. The van der Waals surface area contributed by atoms with E-state index in [-0.39, 0.29) is 17.1 Å². The Kier molecular flexibility index (Phi) is 4.93. The van der Waals surface area contributed by atoms with E-state index in [2.05, 4.69) is 24.3 Å². The monoisotopic (exact) mass is 270 g/mol. The molecule has 1 unspecified atom stereocenters. The van der Waals surface area contributed by atoms with E-state index in [1.807, 2.05) is 6.92 Å². The second kappa shape index (κ2) is 6.02. The molecule has 0 aliphatic rings. The van der Waals surface area contributed by atoms with Crippen molar-refractivity contribution in [1.29, 1.82) is 0 Å². The van der Waals surface area contributed by atoms with Crippen LogP contribution in [-0.4, -0.2) is 28.9 Å². The minimum atomic E-state index is -0.1000. The first-order valence-corrected chi connectivity index (χ1v) is 6.16. The standard InChI is InChI=1S/C12H19ClN4O/c1-7(2)8(3)17(4)12(18)9-5-10(13)15-11(6-9)16-14/h5-8H,14H2,1-4H3,(H,15,16). The van der Waals surface area contributed by atoms with Crippen molar-refractivity contribution >= 4 is 23.3 Å². The number of nitrogens with zero attached hydrogens (tertiary/aromatic N) is 2. The molecule has 1 atom stereocenters. The third-order valence-electron chi connectivity index (χ3n) is 3.08. The highest BCUT2D eigenvalue weighted by Gasteiger charge is 2.20. The van der Waals surface area contributed by atoms with E-state index >= 15 is 0 Å². The molecule has 1 aromatic rings. The number of hydrogen-bond acceptors (Lipinski definition) is 4. The number of hydrazine groups is 1. The van der Waals surface area contributed by atoms with Gasteiger partial charge in [0.1, 0.15) is 11.0 Å². The Balaban J connectivity index is 3.00. The van der Waals surface area contributed by atoms with Crippen LogP contribution in [0.4, 0.5) is 5.82 Å². The first-order valence-electron chi connectivity index (χ1n) is 5.78. The van der Waals surface area contributed by atoms with Gasteiger partial charge in [-0.15, -0.1) is 0 Å². The van der Waals surface area contributed by atoms with Crippen LogP contribution in [0.3, 0.4) is 0 Å². The van der Waals surface area contributed by atoms with Gasteiger partial charge < -0.3 is 10.3 Å². The van der Waals surface area contributed by atoms with Gasteiger partial charge in [-0.25, -0.2) is 10.8 Å². The molecule has 1 rings (SSSR count). The van der Waals surface area contributed by atoms with E-state index in [9.17, 15) is 4.79 Å². The fraction of sp³-hybridized carbons (Fsp3) is 0.500. The van der Waals surface area contributed by atoms with Gasteiger partial charge in [0.15, 0.2) is 0 Å². The maximum atomic E-state index is 12.3. The maximum absolute atomic E-state index is 12.3. The number of nitrogens with two attached hydrogens (primary N) is 1. The Bertz CT molecular complexity index is 436. The second-order valence-electron chi connectivity index (χ2n) is 4.61. The van der Waals surface area contributed by atoms with Gasteiger partial charge >= 0.3 is 0 Å². The fourth-order valence-corrected chi connectivity index (χ4v) is 1.74. The molecule has 5 nitrogen and oxygen atoms in total. The smallest absolute Gasteiger partial charge is 0.254 e. The maximum Gasteiger partial charge on any atom is 0.254 e. The number of rotatable bonds is 4. The summed E-state index contributed by atoms with van der Waals surface area (Å²) in [5.41, 5.74) is 2.86. The van der Waals surface area contributed by atoms with Crippen LogP contribution in [0, 0.1) is 5.92 Å². The molecule has 0 aromatic carbocycles. The number of carbonyl (C=O) groups excluding carboxylic acids is 1. The van der Waals surface area contributed by atoms with Crippen LogP contribution < -0.4 is 11.3 Å². The van der Waals surface area contributed by atoms with Crippen molar-refractivity contribution in [3.63, 3.8) is 0 Å². The van der Waals surface area contributed by atoms with Crippen LogP contribution in [0.25, 0.3) is 0 Å². The lowest BCUT2D eigenvalue weighted by Crippen LogP contribution is -2.38. The molecule has 0 aliphatic heterocycles. The summed E-state index contributed by atoms with van der Waals surface area (Å²) < 4.78 is 0. The van der Waals surface area contributed by atoms with Crippen LogP contribution in [0.5, 0.6) is 0 Å². The van der Waals surface area contributed by atoms with E-state index in [4.69, 9.17) is 17.4 Å². The van der Waals surface area contributed by atoms with Crippen molar-refractivity contribution in [2.24, 2.45) is 11.8 Å². The summed E-state index contributed by atoms with van der Waals surface area (Å²) in [5, 5.41) is 0.236. The Morgan fingerprint density at radius 1 is 1.44 bits per heavy atom. The van der Waals surface area contributed by atoms with Crippen molar-refractivity contribution in [3.05, 3.63) is 22.8 Å². The number of carbonyl (C=O) groups is 1. The van der Waals surface area contributed by atoms with Gasteiger partial charge in [-0.1, -0.05) is 25.4 Å². The van der Waals surface area contributed by atoms with Gasteiger partial charge in [0.05, 0.1) is 0 Å². The van der Waals surface area contributed by atoms with Crippen molar-refractivity contribution in [2.75, 3.05) is 12.5 Å². The lowest BCUT2D eigenvalue weighted by molar-refractivity contribution is 0.0707. The van der Waals surface area contributed by atoms with E-state index in [0.29, 0.717) is 17.3 Å². The molecule has 0 saturated carbocycles. The van der Waals surface area contributed by atoms with Crippen LogP contribution >= 0.6 is 11.6 Å². The summed E-state index contributed by atoms with van der Waals surface area (Å²) in [7, 11) is 1.77. The number of nitrogen functional groups attached to an aromatic ring is 1. The molecular formula is C12H19ClN4O. The predicted molar refractivity (Wildman–Crippen MR) is 73.5 cm³/mol. The van der Waals surface area contributed by atoms with Crippen molar-refractivity contribution in [2.45, 2.75) is 26.8 Å². The first kappa shape index (κ1) is 14.7. The quantitative estimate of drug-likeness (QED) is 0.500. The molecule has 1 amide bonds. The lowest BCUT2D eigenvalue weighted by Gasteiger charge is -2.28. The summed E-state index contributed by atoms with van der Waals surface area (Å²) in [6, 6.07) is 3.25. The van der Waals surface area contributed by atoms with Crippen LogP contribution in [0.15, 0.2) is 12.1 Å². The summed E-state index contributed by atoms with van der Waals surface area (Å²) in [6.45, 7) is 6.15. The molecule has 100 valence electrons. The molecule has 0 radical (unpaired) electrons. The second-order valence-corrected chi connectivity index (χ2v) is 5.00. The average Bonchev–Trinajstić information content (AvgIpc) is 2.34. The van der Waals surface area contributed by atoms with Gasteiger partial charge in [-0.05, 0) is 25.0 Å². The number of aromatic nitrogens is 1. The van der Waals surface area contributed by atoms with Crippen LogP contribution in [-0.2, 0) is 0 Å². The summed E-state index contributed by atoms with van der Waals surface area (Å²) in [5.74, 6) is 5.93. The van der Waals surface area contributed by atoms with Crippen molar-refractivity contribution in [1.82, 2.24) is 9.88 Å². The number of nitrogens with one attached hydrogen (secondary N) is 1. The Labute approximate surface area is 112 Å². The third-order valence-corrected chi connectivity index (χ3v) is 3.28. The molecule has 0 aliphatic carbocycles. The Morgan fingerprint density at radius 3 is 2.56 bits per heavy atom. The number of hydrogen-bond donors (Lipinski definition) is 2. The van der Waals surface area contributed by atoms with Gasteiger partial charge in [-0.2, -0.15) is 0 Å². The molecule has 0 fully saturated rings. The molecular weight excluding hydrogens is 252 g/mol. The van der Waals surface area contributed by atoms with Gasteiger partial charge in [0.25, 0.3) is 5.91 Å². The van der Waals surface area contributed by atoms with Crippen molar-refractivity contribution in [3.8, 4) is 0 Å². The fourth-order valence-electron chi connectivity index (χ4n) is 1.53. The molecule has 1 heterocycles. The zero-order chi connectivity index (χ0) is 13.9. The van der Waals surface area contributed by atoms with Crippen molar-refractivity contribution < 1.29 is 4.79 Å². The van der Waals surface area contributed by atoms with E-state index in [1.165, 1.54) is 6.07 Å². The normalized spacial score (nSPS) is 12.4. The number of anilines is 1. The summed E-state index contributed by atoms with van der Waals surface area (Å²) in [6.07, 6.45) is 0. The molecule has 18 heavy (non-hydrogen) atoms. The number of amides is 1. The van der Waals surface area contributed by atoms with Gasteiger partial charge in [0, 0.05) is 18.7 Å². The Hall–Kier alpha value is -1.33. The van der Waals surface area contributed by atoms with E-state index in [1.54, 1.807) is 18.0 Å². The molecule has 3 N–H and O–H groups in total. The first-order chi connectivity index (χ1) is 8.36. The van der Waals surface area contributed by atoms with Gasteiger partial charge in [-0.3, -0.25) is 4.79 Å². The highest BCUT2D eigenvalue weighted by Crippen LogP contribution is 2.17. The lowest BCUT2D eigenvalue weighted by atomic mass is 10.0. The minimum absolute atomic E-state index is 0.1000. The summed E-state index contributed by atoms with van der Waals surface area (Å²) >= 11 is 5.84. The number of halogens is 1. The molecule has 1 aromatic heterocycles. The largest absolute Gasteiger partial charge is 0.339 e. The topological polar surface area (TPSA) is 71.2 Å². The van der Waals surface area contributed by atoms with E-state index in [0.717, 1.165) is 0 Å². The average molecular weight is 271 g/mol. The SMILES string of the molecule is CC(C)C(C)N(C)C(=O)c1cc(Cl)nc(NN)c1. The molecule has 0 spiro atoms. The molecule has 6 heteroatoms. The van der Waals surface area contributed by atoms with Gasteiger partial charge in [0.2, 0.25) is 0 Å². The predicted octanol–water partition coefficient (Wildman–Crippen LogP) is 2.14. The number of pyridine rings is 1. The van der Waals surface area contributed by atoms with Crippen LogP contribution in [0.1, 0.15) is 31.1 Å². The zero-order valence-electron chi connectivity index (χ0n) is 11.1. The van der Waals surface area contributed by atoms with E-state index < -0.39 is 0 Å². The highest BCUT2D eigenvalue weighted by molar-refractivity contribution is 6.29. The zero-order valence-corrected chi connectivity index (χ0v) is 11.8.